The quantitative estimate of drug-likeness (QED) is 0.626. The van der Waals surface area contributed by atoms with Crippen molar-refractivity contribution in [1.29, 1.82) is 0 Å². The van der Waals surface area contributed by atoms with E-state index in [2.05, 4.69) is 0 Å². The van der Waals surface area contributed by atoms with Gasteiger partial charge >= 0.3 is 0 Å². The molecule has 0 saturated carbocycles. The minimum absolute atomic E-state index is 0.325. The molecule has 13 heavy (non-hydrogen) atoms. The molecule has 0 aromatic heterocycles. The zero-order valence-corrected chi connectivity index (χ0v) is 8.06. The third kappa shape index (κ3) is 1.29. The predicted molar refractivity (Wildman–Crippen MR) is 53.6 cm³/mol. The van der Waals surface area contributed by atoms with Gasteiger partial charge in [-0.2, -0.15) is 0 Å². The van der Waals surface area contributed by atoms with Gasteiger partial charge in [-0.25, -0.2) is 0 Å². The second kappa shape index (κ2) is 3.00. The van der Waals surface area contributed by atoms with Gasteiger partial charge in [-0.3, -0.25) is 4.79 Å². The van der Waals surface area contributed by atoms with Gasteiger partial charge in [0.05, 0.1) is 0 Å². The van der Waals surface area contributed by atoms with Gasteiger partial charge in [-0.15, -0.1) is 0 Å². The third-order valence-electron chi connectivity index (χ3n) is 2.48. The molecule has 1 aromatic rings. The van der Waals surface area contributed by atoms with E-state index in [1.807, 2.05) is 31.2 Å². The molecule has 2 rings (SSSR count). The summed E-state index contributed by atoms with van der Waals surface area (Å²) >= 11 is 5.47. The summed E-state index contributed by atoms with van der Waals surface area (Å²) in [6, 6.07) is 8.01. The van der Waals surface area contributed by atoms with Crippen LogP contribution in [0.5, 0.6) is 0 Å². The summed E-state index contributed by atoms with van der Waals surface area (Å²) in [5, 5.41) is -0.325. The molecule has 2 heteroatoms. The zero-order chi connectivity index (χ0) is 9.42. The van der Waals surface area contributed by atoms with Gasteiger partial charge in [0, 0.05) is 12.0 Å². The van der Waals surface area contributed by atoms with Gasteiger partial charge in [0.15, 0.2) is 0 Å². The number of rotatable bonds is 1. The van der Waals surface area contributed by atoms with Crippen molar-refractivity contribution in [2.75, 3.05) is 0 Å². The fourth-order valence-electron chi connectivity index (χ4n) is 1.74. The normalized spacial score (nSPS) is 14.6. The van der Waals surface area contributed by atoms with Crippen LogP contribution >= 0.6 is 11.6 Å². The maximum absolute atomic E-state index is 11.0. The highest BCUT2D eigenvalue weighted by molar-refractivity contribution is 6.68. The highest BCUT2D eigenvalue weighted by Crippen LogP contribution is 2.32. The van der Waals surface area contributed by atoms with E-state index in [4.69, 9.17) is 11.6 Å². The van der Waals surface area contributed by atoms with Crippen molar-refractivity contribution in [3.8, 4) is 0 Å². The number of benzene rings is 1. The van der Waals surface area contributed by atoms with Crippen LogP contribution in [0.3, 0.4) is 0 Å². The Balaban J connectivity index is 2.53. The lowest BCUT2D eigenvalue weighted by Gasteiger charge is -1.97. The summed E-state index contributed by atoms with van der Waals surface area (Å²) in [7, 11) is 0. The molecule has 0 aliphatic heterocycles. The van der Waals surface area contributed by atoms with Crippen LogP contribution in [0, 0.1) is 0 Å². The summed E-state index contributed by atoms with van der Waals surface area (Å²) < 4.78 is 0. The van der Waals surface area contributed by atoms with Crippen LogP contribution in [-0.2, 0) is 11.2 Å². The smallest absolute Gasteiger partial charge is 0.248 e. The lowest BCUT2D eigenvalue weighted by atomic mass is 10.1. The minimum atomic E-state index is -0.325. The number of carbonyl (C=O) groups is 1. The van der Waals surface area contributed by atoms with Gasteiger partial charge in [0.2, 0.25) is 5.24 Å². The molecule has 0 atom stereocenters. The molecule has 0 amide bonds. The van der Waals surface area contributed by atoms with E-state index >= 15 is 0 Å². The van der Waals surface area contributed by atoms with Crippen molar-refractivity contribution in [3.05, 3.63) is 41.0 Å². The van der Waals surface area contributed by atoms with Crippen LogP contribution in [0.4, 0.5) is 0 Å². The molecule has 0 spiro atoms. The molecule has 1 nitrogen and oxygen atoms in total. The van der Waals surface area contributed by atoms with Crippen LogP contribution in [0.2, 0.25) is 0 Å². The maximum Gasteiger partial charge on any atom is 0.248 e. The Kier molecular flexibility index (Phi) is 1.97. The molecular weight excluding hydrogens is 184 g/mol. The van der Waals surface area contributed by atoms with E-state index in [0.29, 0.717) is 6.42 Å². The Morgan fingerprint density at radius 3 is 2.69 bits per heavy atom. The van der Waals surface area contributed by atoms with E-state index in [1.54, 1.807) is 0 Å². The minimum Gasteiger partial charge on any atom is -0.276 e. The Hall–Kier alpha value is -1.08. The highest BCUT2D eigenvalue weighted by Gasteiger charge is 2.21. The second-order valence-corrected chi connectivity index (χ2v) is 3.55. The van der Waals surface area contributed by atoms with Gasteiger partial charge in [0.1, 0.15) is 0 Å². The number of halogens is 1. The standard InChI is InChI=1S/C11H9ClO/c1-7-9-5-3-2-4-8(9)6-10(7)11(12)13/h2-5H,6H2,1H3. The third-order valence-corrected chi connectivity index (χ3v) is 2.71. The molecule has 1 aliphatic rings. The lowest BCUT2D eigenvalue weighted by molar-refractivity contribution is -0.108. The Morgan fingerprint density at radius 1 is 1.38 bits per heavy atom. The van der Waals surface area contributed by atoms with Crippen molar-refractivity contribution in [3.63, 3.8) is 0 Å². The molecule has 0 heterocycles. The molecule has 66 valence electrons. The van der Waals surface area contributed by atoms with Crippen LogP contribution in [0.1, 0.15) is 18.1 Å². The molecule has 0 unspecified atom stereocenters. The molecule has 0 N–H and O–H groups in total. The van der Waals surface area contributed by atoms with Gasteiger partial charge < -0.3 is 0 Å². The molecule has 1 aliphatic carbocycles. The fraction of sp³-hybridized carbons (Fsp3) is 0.182. The fourth-order valence-corrected chi connectivity index (χ4v) is 1.95. The largest absolute Gasteiger partial charge is 0.276 e. The van der Waals surface area contributed by atoms with Crippen molar-refractivity contribution in [1.82, 2.24) is 0 Å². The summed E-state index contributed by atoms with van der Waals surface area (Å²) in [5.41, 5.74) is 4.12. The van der Waals surface area contributed by atoms with Gasteiger partial charge in [0.25, 0.3) is 0 Å². The summed E-state index contributed by atoms with van der Waals surface area (Å²) in [4.78, 5) is 11.0. The monoisotopic (exact) mass is 192 g/mol. The maximum atomic E-state index is 11.0. The molecular formula is C11H9ClO. The number of fused-ring (bicyclic) bond motifs is 1. The van der Waals surface area contributed by atoms with E-state index in [9.17, 15) is 4.79 Å². The van der Waals surface area contributed by atoms with Crippen LogP contribution < -0.4 is 0 Å². The average molecular weight is 193 g/mol. The molecule has 0 bridgehead atoms. The van der Waals surface area contributed by atoms with Gasteiger partial charge in [-0.05, 0) is 35.2 Å². The zero-order valence-electron chi connectivity index (χ0n) is 7.30. The molecule has 0 saturated heterocycles. The second-order valence-electron chi connectivity index (χ2n) is 3.21. The SMILES string of the molecule is CC1=C(C(=O)Cl)Cc2ccccc21. The first-order chi connectivity index (χ1) is 6.20. The predicted octanol–water partition coefficient (Wildman–Crippen LogP) is 2.78. The van der Waals surface area contributed by atoms with E-state index in [0.717, 1.165) is 16.7 Å². The van der Waals surface area contributed by atoms with Gasteiger partial charge in [-0.1, -0.05) is 24.3 Å². The van der Waals surface area contributed by atoms with E-state index < -0.39 is 0 Å². The first kappa shape index (κ1) is 8.52. The first-order valence-corrected chi connectivity index (χ1v) is 4.56. The summed E-state index contributed by atoms with van der Waals surface area (Å²) in [5.74, 6) is 0. The van der Waals surface area contributed by atoms with Crippen molar-refractivity contribution in [2.24, 2.45) is 0 Å². The van der Waals surface area contributed by atoms with Crippen molar-refractivity contribution < 1.29 is 4.79 Å². The first-order valence-electron chi connectivity index (χ1n) is 4.18. The molecule has 0 fully saturated rings. The Bertz CT molecular complexity index is 404. The Morgan fingerprint density at radius 2 is 2.08 bits per heavy atom. The van der Waals surface area contributed by atoms with Crippen LogP contribution in [0.15, 0.2) is 29.8 Å². The average Bonchev–Trinajstić information content (AvgIpc) is 2.45. The summed E-state index contributed by atoms with van der Waals surface area (Å²) in [6.45, 7) is 1.95. The van der Waals surface area contributed by atoms with E-state index in [-0.39, 0.29) is 5.24 Å². The highest BCUT2D eigenvalue weighted by atomic mass is 35.5. The number of allylic oxidation sites excluding steroid dienone is 2. The van der Waals surface area contributed by atoms with Crippen molar-refractivity contribution in [2.45, 2.75) is 13.3 Å². The number of hydrogen-bond donors (Lipinski definition) is 0. The molecule has 1 aromatic carbocycles. The lowest BCUT2D eigenvalue weighted by Crippen LogP contribution is -1.93. The van der Waals surface area contributed by atoms with Crippen molar-refractivity contribution >= 4 is 22.4 Å². The van der Waals surface area contributed by atoms with Crippen LogP contribution in [0.25, 0.3) is 5.57 Å². The Labute approximate surface area is 82.0 Å². The van der Waals surface area contributed by atoms with E-state index in [1.165, 1.54) is 5.56 Å². The number of hydrogen-bond acceptors (Lipinski definition) is 1. The topological polar surface area (TPSA) is 17.1 Å². The number of carbonyl (C=O) groups excluding carboxylic acids is 1. The van der Waals surface area contributed by atoms with Crippen LogP contribution in [-0.4, -0.2) is 5.24 Å². The molecule has 0 radical (unpaired) electrons. The summed E-state index contributed by atoms with van der Waals surface area (Å²) in [6.07, 6.45) is 0.685.